The Balaban J connectivity index is 2.26. The number of nitrogens with one attached hydrogen (secondary N) is 1. The normalized spacial score (nSPS) is 13.6. The summed E-state index contributed by atoms with van der Waals surface area (Å²) in [6.07, 6.45) is 0.361. The number of benzene rings is 1. The van der Waals surface area contributed by atoms with E-state index in [0.29, 0.717) is 6.42 Å². The lowest BCUT2D eigenvalue weighted by molar-refractivity contribution is -0.142. The van der Waals surface area contributed by atoms with Gasteiger partial charge in [0.25, 0.3) is 0 Å². The first-order valence-corrected chi connectivity index (χ1v) is 8.71. The topological polar surface area (TPSA) is 122 Å². The van der Waals surface area contributed by atoms with E-state index in [1.165, 1.54) is 12.1 Å². The predicted molar refractivity (Wildman–Crippen MR) is 82.6 cm³/mol. The Morgan fingerprint density at radius 1 is 1.35 bits per heavy atom. The highest BCUT2D eigenvalue weighted by molar-refractivity contribution is 7.89. The summed E-state index contributed by atoms with van der Waals surface area (Å²) < 4.78 is 31.7. The summed E-state index contributed by atoms with van der Waals surface area (Å²) in [5, 5.41) is 16.5. The van der Waals surface area contributed by atoms with Gasteiger partial charge in [-0.3, -0.25) is 4.79 Å². The summed E-state index contributed by atoms with van der Waals surface area (Å²) in [7, 11) is -3.97. The zero-order chi connectivity index (χ0) is 17.2. The quantitative estimate of drug-likeness (QED) is 0.772. The van der Waals surface area contributed by atoms with Crippen LogP contribution in [0.2, 0.25) is 5.02 Å². The van der Waals surface area contributed by atoms with Crippen LogP contribution in [0.1, 0.15) is 20.3 Å². The first-order chi connectivity index (χ1) is 10.7. The number of hydrogen-bond donors (Lipinski definition) is 2. The minimum Gasteiger partial charge on any atom is -0.481 e. The number of sulfonamides is 1. The molecule has 2 N–H and O–H groups in total. The third kappa shape index (κ3) is 3.98. The van der Waals surface area contributed by atoms with Crippen LogP contribution in [0.15, 0.2) is 21.7 Å². The second-order valence-corrected chi connectivity index (χ2v) is 7.67. The summed E-state index contributed by atoms with van der Waals surface area (Å²) in [4.78, 5) is 11.1. The molecular weight excluding hydrogens is 346 g/mol. The lowest BCUT2D eigenvalue weighted by atomic mass is 9.98. The minimum atomic E-state index is -3.97. The highest BCUT2D eigenvalue weighted by Gasteiger charge is 2.25. The maximum Gasteiger partial charge on any atom is 0.307 e. The SMILES string of the molecule is CC(C)CC(CNS(=O)(=O)c1ccc(Cl)c2nonc12)C(=O)O. The fraction of sp³-hybridized carbons (Fsp3) is 0.462. The minimum absolute atomic E-state index is 0.000680. The first-order valence-electron chi connectivity index (χ1n) is 6.85. The zero-order valence-corrected chi connectivity index (χ0v) is 14.1. The maximum atomic E-state index is 12.4. The van der Waals surface area contributed by atoms with E-state index in [2.05, 4.69) is 19.7 Å². The Morgan fingerprint density at radius 2 is 2.00 bits per heavy atom. The molecule has 1 aromatic heterocycles. The van der Waals surface area contributed by atoms with Gasteiger partial charge < -0.3 is 5.11 Å². The number of halogens is 1. The van der Waals surface area contributed by atoms with E-state index in [0.717, 1.165) is 0 Å². The number of carbonyl (C=O) groups is 1. The lowest BCUT2D eigenvalue weighted by Gasteiger charge is -2.15. The van der Waals surface area contributed by atoms with E-state index in [1.807, 2.05) is 13.8 Å². The van der Waals surface area contributed by atoms with Gasteiger partial charge in [0, 0.05) is 6.54 Å². The van der Waals surface area contributed by atoms with Crippen LogP contribution in [0, 0.1) is 11.8 Å². The molecule has 0 radical (unpaired) electrons. The Kier molecular flexibility index (Phi) is 5.23. The molecule has 1 atom stereocenters. The number of rotatable bonds is 7. The van der Waals surface area contributed by atoms with Crippen molar-refractivity contribution >= 4 is 38.6 Å². The van der Waals surface area contributed by atoms with Crippen LogP contribution >= 0.6 is 11.6 Å². The molecule has 0 amide bonds. The van der Waals surface area contributed by atoms with Crippen molar-refractivity contribution in [1.29, 1.82) is 0 Å². The van der Waals surface area contributed by atoms with E-state index in [9.17, 15) is 18.3 Å². The van der Waals surface area contributed by atoms with Crippen molar-refractivity contribution in [3.8, 4) is 0 Å². The first kappa shape index (κ1) is 17.6. The van der Waals surface area contributed by atoms with Crippen LogP contribution in [-0.4, -0.2) is 36.4 Å². The predicted octanol–water partition coefficient (Wildman–Crippen LogP) is 1.90. The van der Waals surface area contributed by atoms with Gasteiger partial charge in [0.15, 0.2) is 11.0 Å². The van der Waals surface area contributed by atoms with Gasteiger partial charge in [-0.15, -0.1) is 0 Å². The monoisotopic (exact) mass is 361 g/mol. The molecule has 2 aromatic rings. The van der Waals surface area contributed by atoms with Crippen LogP contribution in [-0.2, 0) is 14.8 Å². The van der Waals surface area contributed by atoms with Crippen molar-refractivity contribution in [1.82, 2.24) is 15.0 Å². The summed E-state index contributed by atoms with van der Waals surface area (Å²) in [6.45, 7) is 3.52. The van der Waals surface area contributed by atoms with E-state index in [-0.39, 0.29) is 33.4 Å². The average Bonchev–Trinajstić information content (AvgIpc) is 2.93. The largest absolute Gasteiger partial charge is 0.481 e. The molecule has 10 heteroatoms. The smallest absolute Gasteiger partial charge is 0.307 e. The summed E-state index contributed by atoms with van der Waals surface area (Å²) in [5.41, 5.74) is 0.132. The van der Waals surface area contributed by atoms with Crippen molar-refractivity contribution in [3.63, 3.8) is 0 Å². The molecule has 0 fully saturated rings. The molecule has 0 aliphatic carbocycles. The summed E-state index contributed by atoms with van der Waals surface area (Å²) >= 11 is 5.89. The fourth-order valence-corrected chi connectivity index (χ4v) is 3.56. The summed E-state index contributed by atoms with van der Waals surface area (Å²) in [5.74, 6) is -1.74. The number of hydrogen-bond acceptors (Lipinski definition) is 6. The molecule has 1 heterocycles. The standard InChI is InChI=1S/C13H16ClN3O5S/c1-7(2)5-8(13(18)19)6-15-23(20,21)10-4-3-9(14)11-12(10)17-22-16-11/h3-4,7-8,15H,5-6H2,1-2H3,(H,18,19). The van der Waals surface area contributed by atoms with Gasteiger partial charge in [-0.05, 0) is 34.8 Å². The third-order valence-corrected chi connectivity index (χ3v) is 5.00. The molecule has 0 aliphatic rings. The van der Waals surface area contributed by atoms with Crippen molar-refractivity contribution in [2.24, 2.45) is 11.8 Å². The number of carboxylic acids is 1. The van der Waals surface area contributed by atoms with Crippen molar-refractivity contribution in [3.05, 3.63) is 17.2 Å². The van der Waals surface area contributed by atoms with E-state index >= 15 is 0 Å². The van der Waals surface area contributed by atoms with Gasteiger partial charge in [-0.1, -0.05) is 25.4 Å². The van der Waals surface area contributed by atoms with Gasteiger partial charge in [0.1, 0.15) is 4.90 Å². The van der Waals surface area contributed by atoms with E-state index in [1.54, 1.807) is 0 Å². The van der Waals surface area contributed by atoms with Crippen molar-refractivity contribution < 1.29 is 22.9 Å². The zero-order valence-electron chi connectivity index (χ0n) is 12.5. The second kappa shape index (κ2) is 6.81. The van der Waals surface area contributed by atoms with Crippen molar-refractivity contribution in [2.75, 3.05) is 6.54 Å². The van der Waals surface area contributed by atoms with Gasteiger partial charge in [0.2, 0.25) is 10.0 Å². The molecule has 0 saturated carbocycles. The van der Waals surface area contributed by atoms with Gasteiger partial charge in [0.05, 0.1) is 10.9 Å². The van der Waals surface area contributed by atoms with Gasteiger partial charge in [-0.2, -0.15) is 0 Å². The molecule has 126 valence electrons. The molecule has 0 aliphatic heterocycles. The third-order valence-electron chi connectivity index (χ3n) is 3.24. The van der Waals surface area contributed by atoms with Crippen LogP contribution in [0.25, 0.3) is 11.0 Å². The molecule has 2 rings (SSSR count). The number of fused-ring (bicyclic) bond motifs is 1. The van der Waals surface area contributed by atoms with Crippen LogP contribution < -0.4 is 4.72 Å². The highest BCUT2D eigenvalue weighted by Crippen LogP contribution is 2.26. The van der Waals surface area contributed by atoms with Crippen LogP contribution in [0.4, 0.5) is 0 Å². The van der Waals surface area contributed by atoms with Crippen molar-refractivity contribution in [2.45, 2.75) is 25.2 Å². The van der Waals surface area contributed by atoms with Crippen LogP contribution in [0.5, 0.6) is 0 Å². The Labute approximate surface area is 137 Å². The fourth-order valence-electron chi connectivity index (χ4n) is 2.16. The maximum absolute atomic E-state index is 12.4. The van der Waals surface area contributed by atoms with E-state index < -0.39 is 21.9 Å². The molecule has 8 nitrogen and oxygen atoms in total. The summed E-state index contributed by atoms with van der Waals surface area (Å²) in [6, 6.07) is 2.64. The van der Waals surface area contributed by atoms with E-state index in [4.69, 9.17) is 11.6 Å². The number of aromatic nitrogens is 2. The molecule has 1 unspecified atom stereocenters. The Hall–Kier alpha value is -1.71. The molecule has 0 bridgehead atoms. The van der Waals surface area contributed by atoms with Gasteiger partial charge in [-0.25, -0.2) is 17.8 Å². The second-order valence-electron chi connectivity index (χ2n) is 5.52. The molecule has 23 heavy (non-hydrogen) atoms. The molecule has 1 aromatic carbocycles. The van der Waals surface area contributed by atoms with Gasteiger partial charge >= 0.3 is 5.97 Å². The van der Waals surface area contributed by atoms with Crippen LogP contribution in [0.3, 0.4) is 0 Å². The Bertz CT molecular complexity index is 818. The number of nitrogens with zero attached hydrogens (tertiary/aromatic N) is 2. The highest BCUT2D eigenvalue weighted by atomic mass is 35.5. The Morgan fingerprint density at radius 3 is 2.61 bits per heavy atom. The average molecular weight is 362 g/mol. The molecular formula is C13H16ClN3O5S. The molecule has 0 spiro atoms. The number of carboxylic acid groups (broad SMARTS) is 1. The molecule has 0 saturated heterocycles. The number of aliphatic carboxylic acids is 1. The lowest BCUT2D eigenvalue weighted by Crippen LogP contribution is -2.33.